The molecule has 0 aliphatic carbocycles. The fourth-order valence-electron chi connectivity index (χ4n) is 1.54. The molecule has 0 aliphatic heterocycles. The van der Waals surface area contributed by atoms with Gasteiger partial charge in [0.1, 0.15) is 5.82 Å². The maximum atomic E-state index is 4.40. The molecule has 0 radical (unpaired) electrons. The van der Waals surface area contributed by atoms with Crippen molar-refractivity contribution < 1.29 is 0 Å². The van der Waals surface area contributed by atoms with Crippen LogP contribution in [-0.4, -0.2) is 9.97 Å². The van der Waals surface area contributed by atoms with Crippen LogP contribution in [0.15, 0.2) is 6.20 Å². The fourth-order valence-corrected chi connectivity index (χ4v) is 1.54. The molecule has 0 atom stereocenters. The topological polar surface area (TPSA) is 28.7 Å². The number of imidazole rings is 1. The molecule has 1 N–H and O–H groups in total. The first-order valence-electron chi connectivity index (χ1n) is 5.39. The van der Waals surface area contributed by atoms with Gasteiger partial charge in [0.25, 0.3) is 0 Å². The van der Waals surface area contributed by atoms with Crippen molar-refractivity contribution in [1.82, 2.24) is 9.97 Å². The van der Waals surface area contributed by atoms with Gasteiger partial charge in [0.05, 0.1) is 0 Å². The van der Waals surface area contributed by atoms with Crippen LogP contribution in [0, 0.1) is 11.3 Å². The van der Waals surface area contributed by atoms with E-state index < -0.39 is 0 Å². The van der Waals surface area contributed by atoms with Gasteiger partial charge < -0.3 is 4.98 Å². The Morgan fingerprint density at radius 2 is 2.00 bits per heavy atom. The van der Waals surface area contributed by atoms with Crippen LogP contribution in [0.1, 0.15) is 46.1 Å². The van der Waals surface area contributed by atoms with Gasteiger partial charge >= 0.3 is 0 Å². The number of nitrogens with one attached hydrogen (secondary N) is 1. The van der Waals surface area contributed by atoms with E-state index >= 15 is 0 Å². The van der Waals surface area contributed by atoms with Crippen LogP contribution in [0.3, 0.4) is 0 Å². The van der Waals surface area contributed by atoms with Gasteiger partial charge in [0.2, 0.25) is 0 Å². The quantitative estimate of drug-likeness (QED) is 0.786. The number of hydrogen-bond acceptors (Lipinski definition) is 1. The van der Waals surface area contributed by atoms with Crippen molar-refractivity contribution in [2.75, 3.05) is 0 Å². The smallest absolute Gasteiger partial charge is 0.106 e. The lowest BCUT2D eigenvalue weighted by atomic mass is 9.92. The first-order chi connectivity index (χ1) is 6.37. The van der Waals surface area contributed by atoms with Crippen LogP contribution in [0.5, 0.6) is 0 Å². The van der Waals surface area contributed by atoms with Crippen LogP contribution in [-0.2, 0) is 12.8 Å². The van der Waals surface area contributed by atoms with Crippen molar-refractivity contribution in [2.45, 2.75) is 47.5 Å². The van der Waals surface area contributed by atoms with E-state index in [2.05, 4.69) is 44.6 Å². The lowest BCUT2D eigenvalue weighted by Crippen LogP contribution is -2.10. The molecule has 0 saturated carbocycles. The minimum Gasteiger partial charge on any atom is -0.346 e. The number of rotatable bonds is 3. The predicted octanol–water partition coefficient (Wildman–Crippen LogP) is 3.20. The maximum absolute atomic E-state index is 4.40. The van der Waals surface area contributed by atoms with Crippen LogP contribution >= 0.6 is 0 Å². The summed E-state index contributed by atoms with van der Waals surface area (Å²) in [5.41, 5.74) is 1.58. The molecule has 0 aliphatic rings. The molecule has 0 spiro atoms. The normalized spacial score (nSPS) is 12.4. The third-order valence-corrected chi connectivity index (χ3v) is 2.01. The molecule has 0 unspecified atom stereocenters. The molecule has 0 saturated heterocycles. The van der Waals surface area contributed by atoms with E-state index in [0.29, 0.717) is 11.3 Å². The van der Waals surface area contributed by atoms with Crippen molar-refractivity contribution in [3.63, 3.8) is 0 Å². The standard InChI is InChI=1S/C12H22N2/c1-9(2)6-10-8-13-11(14-10)7-12(3,4)5/h8-9H,6-7H2,1-5H3,(H,13,14). The molecule has 2 heteroatoms. The minimum absolute atomic E-state index is 0.312. The first kappa shape index (κ1) is 11.3. The molecule has 0 aromatic carbocycles. The summed E-state index contributed by atoms with van der Waals surface area (Å²) in [5, 5.41) is 0. The van der Waals surface area contributed by atoms with E-state index in [1.165, 1.54) is 5.69 Å². The number of aromatic amines is 1. The number of aromatic nitrogens is 2. The van der Waals surface area contributed by atoms with Crippen molar-refractivity contribution in [3.8, 4) is 0 Å². The van der Waals surface area contributed by atoms with Gasteiger partial charge in [-0.05, 0) is 17.8 Å². The summed E-state index contributed by atoms with van der Waals surface area (Å²) < 4.78 is 0. The summed E-state index contributed by atoms with van der Waals surface area (Å²) in [4.78, 5) is 7.79. The van der Waals surface area contributed by atoms with Gasteiger partial charge in [0, 0.05) is 18.3 Å². The molecule has 80 valence electrons. The van der Waals surface area contributed by atoms with Crippen molar-refractivity contribution in [2.24, 2.45) is 11.3 Å². The lowest BCUT2D eigenvalue weighted by molar-refractivity contribution is 0.402. The first-order valence-corrected chi connectivity index (χ1v) is 5.39. The highest BCUT2D eigenvalue weighted by Crippen LogP contribution is 2.18. The molecule has 1 aromatic rings. The van der Waals surface area contributed by atoms with E-state index in [0.717, 1.165) is 18.7 Å². The summed E-state index contributed by atoms with van der Waals surface area (Å²) in [6.45, 7) is 11.2. The Morgan fingerprint density at radius 3 is 2.50 bits per heavy atom. The predicted molar refractivity (Wildman–Crippen MR) is 60.3 cm³/mol. The third-order valence-electron chi connectivity index (χ3n) is 2.01. The summed E-state index contributed by atoms with van der Waals surface area (Å²) in [7, 11) is 0. The average Bonchev–Trinajstić information content (AvgIpc) is 2.30. The summed E-state index contributed by atoms with van der Waals surface area (Å²) >= 11 is 0. The van der Waals surface area contributed by atoms with E-state index in [-0.39, 0.29) is 0 Å². The largest absolute Gasteiger partial charge is 0.346 e. The van der Waals surface area contributed by atoms with E-state index in [4.69, 9.17) is 0 Å². The second kappa shape index (κ2) is 4.16. The molecule has 0 fully saturated rings. The molecule has 2 nitrogen and oxygen atoms in total. The zero-order valence-corrected chi connectivity index (χ0v) is 10.0. The molecule has 14 heavy (non-hydrogen) atoms. The number of H-pyrrole nitrogens is 1. The number of nitrogens with zero attached hydrogens (tertiary/aromatic N) is 1. The zero-order chi connectivity index (χ0) is 10.8. The van der Waals surface area contributed by atoms with Gasteiger partial charge in [-0.2, -0.15) is 0 Å². The highest BCUT2D eigenvalue weighted by molar-refractivity contribution is 5.03. The fraction of sp³-hybridized carbons (Fsp3) is 0.750. The van der Waals surface area contributed by atoms with Crippen molar-refractivity contribution in [3.05, 3.63) is 17.7 Å². The molecular formula is C12H22N2. The Hall–Kier alpha value is -0.790. The SMILES string of the molecule is CC(C)Cc1cnc(CC(C)(C)C)[nH]1. The minimum atomic E-state index is 0.312. The van der Waals surface area contributed by atoms with Gasteiger partial charge in [-0.3, -0.25) is 0 Å². The van der Waals surface area contributed by atoms with E-state index in [1.807, 2.05) is 6.20 Å². The van der Waals surface area contributed by atoms with Crippen molar-refractivity contribution >= 4 is 0 Å². The molecule has 0 bridgehead atoms. The van der Waals surface area contributed by atoms with Gasteiger partial charge in [-0.1, -0.05) is 34.6 Å². The molecular weight excluding hydrogens is 172 g/mol. The Balaban J connectivity index is 2.60. The maximum Gasteiger partial charge on any atom is 0.106 e. The Kier molecular flexibility index (Phi) is 3.35. The second-order valence-electron chi connectivity index (χ2n) is 5.69. The monoisotopic (exact) mass is 194 g/mol. The molecule has 1 rings (SSSR count). The van der Waals surface area contributed by atoms with Crippen LogP contribution < -0.4 is 0 Å². The van der Waals surface area contributed by atoms with E-state index in [9.17, 15) is 0 Å². The Labute approximate surface area is 87.1 Å². The van der Waals surface area contributed by atoms with Crippen LogP contribution in [0.2, 0.25) is 0 Å². The summed E-state index contributed by atoms with van der Waals surface area (Å²) in [5.74, 6) is 1.81. The molecule has 1 heterocycles. The highest BCUT2D eigenvalue weighted by Gasteiger charge is 2.13. The second-order valence-corrected chi connectivity index (χ2v) is 5.69. The van der Waals surface area contributed by atoms with E-state index in [1.54, 1.807) is 0 Å². The van der Waals surface area contributed by atoms with Crippen molar-refractivity contribution in [1.29, 1.82) is 0 Å². The van der Waals surface area contributed by atoms with Gasteiger partial charge in [-0.15, -0.1) is 0 Å². The summed E-state index contributed by atoms with van der Waals surface area (Å²) in [6.07, 6.45) is 4.09. The van der Waals surface area contributed by atoms with Crippen LogP contribution in [0.25, 0.3) is 0 Å². The number of hydrogen-bond donors (Lipinski definition) is 1. The molecule has 0 amide bonds. The summed E-state index contributed by atoms with van der Waals surface area (Å²) in [6, 6.07) is 0. The van der Waals surface area contributed by atoms with Crippen LogP contribution in [0.4, 0.5) is 0 Å². The average molecular weight is 194 g/mol. The Bertz CT molecular complexity index is 279. The third kappa shape index (κ3) is 3.95. The van der Waals surface area contributed by atoms with Gasteiger partial charge in [0.15, 0.2) is 0 Å². The lowest BCUT2D eigenvalue weighted by Gasteiger charge is -2.15. The molecule has 1 aromatic heterocycles. The zero-order valence-electron chi connectivity index (χ0n) is 10.0. The highest BCUT2D eigenvalue weighted by atomic mass is 14.9. The van der Waals surface area contributed by atoms with Gasteiger partial charge in [-0.25, -0.2) is 4.98 Å². The Morgan fingerprint density at radius 1 is 1.36 bits per heavy atom.